The van der Waals surface area contributed by atoms with Crippen LogP contribution < -0.4 is 5.73 Å². The molecule has 0 atom stereocenters. The minimum absolute atomic E-state index is 0.144. The number of ether oxygens (including phenoxy) is 1. The lowest BCUT2D eigenvalue weighted by Crippen LogP contribution is -2.42. The molecule has 1 aromatic heterocycles. The van der Waals surface area contributed by atoms with Gasteiger partial charge >= 0.3 is 6.09 Å². The Balaban J connectivity index is 1.67. The van der Waals surface area contributed by atoms with Gasteiger partial charge in [-0.3, -0.25) is 4.68 Å². The van der Waals surface area contributed by atoms with Crippen molar-refractivity contribution in [3.63, 3.8) is 0 Å². The number of rotatable bonds is 2. The molecule has 8 heteroatoms. The quantitative estimate of drug-likeness (QED) is 0.761. The first-order valence-corrected chi connectivity index (χ1v) is 9.29. The maximum absolute atomic E-state index is 14.2. The Morgan fingerprint density at radius 3 is 2.63 bits per heavy atom. The van der Waals surface area contributed by atoms with Gasteiger partial charge in [-0.1, -0.05) is 11.6 Å². The molecule has 1 aliphatic heterocycles. The summed E-state index contributed by atoms with van der Waals surface area (Å²) < 4.78 is 21.4. The van der Waals surface area contributed by atoms with Gasteiger partial charge < -0.3 is 15.4 Å². The Hall–Kier alpha value is -2.28. The molecule has 3 rings (SSSR count). The third-order valence-electron chi connectivity index (χ3n) is 4.49. The number of carbonyl (C=O) groups excluding carboxylic acids is 1. The summed E-state index contributed by atoms with van der Waals surface area (Å²) in [6.45, 7) is 6.75. The molecule has 0 saturated carbocycles. The topological polar surface area (TPSA) is 73.4 Å². The smallest absolute Gasteiger partial charge is 0.410 e. The zero-order valence-electron chi connectivity index (χ0n) is 15.7. The van der Waals surface area contributed by atoms with Gasteiger partial charge in [-0.25, -0.2) is 9.18 Å². The van der Waals surface area contributed by atoms with Crippen LogP contribution in [0.1, 0.15) is 39.7 Å². The second-order valence-corrected chi connectivity index (χ2v) is 8.17. The number of anilines is 1. The molecule has 2 aromatic rings. The van der Waals surface area contributed by atoms with Crippen LogP contribution in [-0.2, 0) is 4.74 Å². The van der Waals surface area contributed by atoms with Crippen molar-refractivity contribution in [1.82, 2.24) is 14.7 Å². The van der Waals surface area contributed by atoms with E-state index in [2.05, 4.69) is 5.10 Å². The third kappa shape index (κ3) is 4.53. The highest BCUT2D eigenvalue weighted by atomic mass is 35.5. The Morgan fingerprint density at radius 1 is 1.33 bits per heavy atom. The van der Waals surface area contributed by atoms with Crippen LogP contribution in [0.15, 0.2) is 24.5 Å². The Labute approximate surface area is 163 Å². The molecular weight excluding hydrogens is 371 g/mol. The van der Waals surface area contributed by atoms with E-state index in [4.69, 9.17) is 22.1 Å². The summed E-state index contributed by atoms with van der Waals surface area (Å²) in [5.41, 5.74) is 6.62. The monoisotopic (exact) mass is 394 g/mol. The maximum atomic E-state index is 14.2. The van der Waals surface area contributed by atoms with E-state index in [9.17, 15) is 9.18 Å². The van der Waals surface area contributed by atoms with Crippen molar-refractivity contribution in [3.05, 3.63) is 35.4 Å². The molecule has 2 N–H and O–H groups in total. The van der Waals surface area contributed by atoms with Crippen LogP contribution >= 0.6 is 11.6 Å². The molecule has 0 radical (unpaired) electrons. The number of amides is 1. The summed E-state index contributed by atoms with van der Waals surface area (Å²) in [4.78, 5) is 13.9. The van der Waals surface area contributed by atoms with Crippen LogP contribution in [0, 0.1) is 5.82 Å². The number of likely N-dealkylation sites (tertiary alicyclic amines) is 1. The van der Waals surface area contributed by atoms with Crippen molar-refractivity contribution in [2.45, 2.75) is 45.3 Å². The van der Waals surface area contributed by atoms with Crippen LogP contribution in [0.5, 0.6) is 0 Å². The summed E-state index contributed by atoms with van der Waals surface area (Å²) in [5, 5.41) is 4.57. The van der Waals surface area contributed by atoms with E-state index < -0.39 is 11.4 Å². The van der Waals surface area contributed by atoms with Gasteiger partial charge in [0.05, 0.1) is 22.9 Å². The van der Waals surface area contributed by atoms with E-state index in [1.165, 1.54) is 12.1 Å². The fraction of sp³-hybridized carbons (Fsp3) is 0.474. The van der Waals surface area contributed by atoms with Crippen LogP contribution in [0.4, 0.5) is 14.9 Å². The maximum Gasteiger partial charge on any atom is 0.410 e. The molecule has 0 bridgehead atoms. The predicted octanol–water partition coefficient (Wildman–Crippen LogP) is 4.50. The number of halogens is 2. The van der Waals surface area contributed by atoms with E-state index in [1.54, 1.807) is 17.3 Å². The van der Waals surface area contributed by atoms with Crippen LogP contribution in [0.2, 0.25) is 5.02 Å². The van der Waals surface area contributed by atoms with Crippen molar-refractivity contribution < 1.29 is 13.9 Å². The lowest BCUT2D eigenvalue weighted by molar-refractivity contribution is 0.0185. The molecule has 0 unspecified atom stereocenters. The lowest BCUT2D eigenvalue weighted by Gasteiger charge is -2.33. The second-order valence-electron chi connectivity index (χ2n) is 7.76. The van der Waals surface area contributed by atoms with E-state index in [1.807, 2.05) is 25.5 Å². The number of benzene rings is 1. The Morgan fingerprint density at radius 2 is 2.00 bits per heavy atom. The standard InChI is InChI=1S/C19H24ClFN4O2/c1-19(2,3)27-18(26)24-6-4-13(5-7-24)25-11-12(10-23-25)14-8-17(22)15(20)9-16(14)21/h8-11,13H,4-7,22H2,1-3H3. The molecule has 2 heterocycles. The fourth-order valence-corrected chi connectivity index (χ4v) is 3.25. The Kier molecular flexibility index (Phi) is 5.33. The fourth-order valence-electron chi connectivity index (χ4n) is 3.10. The van der Waals surface area contributed by atoms with Crippen molar-refractivity contribution in [1.29, 1.82) is 0 Å². The van der Waals surface area contributed by atoms with Crippen molar-refractivity contribution in [2.24, 2.45) is 0 Å². The van der Waals surface area contributed by atoms with Gasteiger partial charge in [0, 0.05) is 30.4 Å². The van der Waals surface area contributed by atoms with Crippen LogP contribution in [-0.4, -0.2) is 39.5 Å². The van der Waals surface area contributed by atoms with E-state index in [0.29, 0.717) is 29.9 Å². The molecule has 6 nitrogen and oxygen atoms in total. The first-order chi connectivity index (χ1) is 12.6. The van der Waals surface area contributed by atoms with Gasteiger partial charge in [0.1, 0.15) is 11.4 Å². The molecule has 1 aliphatic rings. The summed E-state index contributed by atoms with van der Waals surface area (Å²) in [5.74, 6) is -0.437. The predicted molar refractivity (Wildman–Crippen MR) is 103 cm³/mol. The number of nitrogen functional groups attached to an aromatic ring is 1. The molecule has 27 heavy (non-hydrogen) atoms. The van der Waals surface area contributed by atoms with Crippen molar-refractivity contribution in [3.8, 4) is 11.1 Å². The van der Waals surface area contributed by atoms with Crippen LogP contribution in [0.3, 0.4) is 0 Å². The van der Waals surface area contributed by atoms with Gasteiger partial charge in [-0.15, -0.1) is 0 Å². The van der Waals surface area contributed by atoms with Gasteiger partial charge in [0.25, 0.3) is 0 Å². The average Bonchev–Trinajstić information content (AvgIpc) is 3.06. The molecule has 146 valence electrons. The number of nitrogens with two attached hydrogens (primary N) is 1. The summed E-state index contributed by atoms with van der Waals surface area (Å²) in [6.07, 6.45) is 4.64. The first-order valence-electron chi connectivity index (χ1n) is 8.91. The average molecular weight is 395 g/mol. The van der Waals surface area contributed by atoms with Crippen molar-refractivity contribution in [2.75, 3.05) is 18.8 Å². The number of nitrogens with zero attached hydrogens (tertiary/aromatic N) is 3. The van der Waals surface area contributed by atoms with Gasteiger partial charge in [-0.2, -0.15) is 5.10 Å². The highest BCUT2D eigenvalue weighted by Gasteiger charge is 2.28. The minimum atomic E-state index is -0.505. The molecule has 1 fully saturated rings. The van der Waals surface area contributed by atoms with Gasteiger partial charge in [-0.05, 0) is 45.7 Å². The highest BCUT2D eigenvalue weighted by Crippen LogP contribution is 2.31. The Bertz CT molecular complexity index is 839. The number of carbonyl (C=O) groups is 1. The van der Waals surface area contributed by atoms with E-state index in [-0.39, 0.29) is 17.2 Å². The summed E-state index contributed by atoms with van der Waals surface area (Å²) in [7, 11) is 0. The van der Waals surface area contributed by atoms with Crippen LogP contribution in [0.25, 0.3) is 11.1 Å². The normalized spacial score (nSPS) is 15.8. The number of hydrogen-bond donors (Lipinski definition) is 1. The summed E-state index contributed by atoms with van der Waals surface area (Å²) in [6, 6.07) is 2.87. The molecule has 1 aromatic carbocycles. The first kappa shape index (κ1) is 19.5. The molecular formula is C19H24ClFN4O2. The zero-order chi connectivity index (χ0) is 19.8. The highest BCUT2D eigenvalue weighted by molar-refractivity contribution is 6.33. The second kappa shape index (κ2) is 7.38. The number of piperidine rings is 1. The lowest BCUT2D eigenvalue weighted by atomic mass is 10.1. The molecule has 0 spiro atoms. The SMILES string of the molecule is CC(C)(C)OC(=O)N1CCC(n2cc(-c3cc(N)c(Cl)cc3F)cn2)CC1. The zero-order valence-corrected chi connectivity index (χ0v) is 16.5. The van der Waals surface area contributed by atoms with E-state index >= 15 is 0 Å². The number of hydrogen-bond acceptors (Lipinski definition) is 4. The summed E-state index contributed by atoms with van der Waals surface area (Å²) >= 11 is 5.85. The van der Waals surface area contributed by atoms with Crippen molar-refractivity contribution >= 4 is 23.4 Å². The van der Waals surface area contributed by atoms with Gasteiger partial charge in [0.15, 0.2) is 0 Å². The number of aromatic nitrogens is 2. The largest absolute Gasteiger partial charge is 0.444 e. The third-order valence-corrected chi connectivity index (χ3v) is 4.82. The molecule has 1 saturated heterocycles. The molecule has 0 aliphatic carbocycles. The molecule has 1 amide bonds. The minimum Gasteiger partial charge on any atom is -0.444 e. The van der Waals surface area contributed by atoms with E-state index in [0.717, 1.165) is 12.8 Å². The van der Waals surface area contributed by atoms with Gasteiger partial charge in [0.2, 0.25) is 0 Å².